The number of carbonyl (C=O) groups is 4. The SMILES string of the molecule is CC(C)C[C@H](NC(=O)[C@H](CCc1ccccc1)CC(=O)CN1CCOCC1)C(=O)C[C@@H](COC(F)F)C(=O)OCc1ccccc1. The van der Waals surface area contributed by atoms with Gasteiger partial charge in [-0.2, -0.15) is 8.78 Å². The van der Waals surface area contributed by atoms with Gasteiger partial charge in [-0.25, -0.2) is 0 Å². The van der Waals surface area contributed by atoms with Crippen molar-refractivity contribution < 1.29 is 42.2 Å². The fraction of sp³-hybridized carbons (Fsp3) is 0.543. The highest BCUT2D eigenvalue weighted by Crippen LogP contribution is 2.19. The van der Waals surface area contributed by atoms with Crippen molar-refractivity contribution in [2.75, 3.05) is 39.5 Å². The summed E-state index contributed by atoms with van der Waals surface area (Å²) in [5.41, 5.74) is 1.72. The van der Waals surface area contributed by atoms with Gasteiger partial charge in [0.05, 0.1) is 38.3 Å². The number of morpholine rings is 1. The Morgan fingerprint density at radius 1 is 0.891 bits per heavy atom. The van der Waals surface area contributed by atoms with Crippen LogP contribution in [-0.2, 0) is 46.4 Å². The molecular formula is C35H46F2N2O7. The van der Waals surface area contributed by atoms with E-state index in [1.54, 1.807) is 30.3 Å². The van der Waals surface area contributed by atoms with Crippen LogP contribution in [0.15, 0.2) is 60.7 Å². The number of esters is 1. The number of hydrogen-bond donors (Lipinski definition) is 1. The van der Waals surface area contributed by atoms with Gasteiger partial charge in [0.1, 0.15) is 12.4 Å². The average Bonchev–Trinajstić information content (AvgIpc) is 3.04. The van der Waals surface area contributed by atoms with Gasteiger partial charge in [0, 0.05) is 31.8 Å². The highest BCUT2D eigenvalue weighted by atomic mass is 19.3. The Morgan fingerprint density at radius 3 is 2.13 bits per heavy atom. The van der Waals surface area contributed by atoms with Crippen molar-refractivity contribution in [3.8, 4) is 0 Å². The molecule has 0 aliphatic carbocycles. The smallest absolute Gasteiger partial charge is 0.345 e. The van der Waals surface area contributed by atoms with Gasteiger partial charge in [0.2, 0.25) is 5.91 Å². The van der Waals surface area contributed by atoms with E-state index in [1.807, 2.05) is 49.1 Å². The van der Waals surface area contributed by atoms with Crippen molar-refractivity contribution in [3.63, 3.8) is 0 Å². The van der Waals surface area contributed by atoms with Crippen LogP contribution in [-0.4, -0.2) is 80.5 Å². The molecule has 2 aromatic carbocycles. The highest BCUT2D eigenvalue weighted by Gasteiger charge is 2.32. The summed E-state index contributed by atoms with van der Waals surface area (Å²) in [6.07, 6.45) is 0.772. The first-order valence-electron chi connectivity index (χ1n) is 15.9. The Kier molecular flexibility index (Phi) is 15.9. The van der Waals surface area contributed by atoms with Gasteiger partial charge < -0.3 is 19.5 Å². The zero-order chi connectivity index (χ0) is 33.3. The molecule has 9 nitrogen and oxygen atoms in total. The topological polar surface area (TPSA) is 111 Å². The first-order valence-corrected chi connectivity index (χ1v) is 15.9. The molecule has 1 fully saturated rings. The summed E-state index contributed by atoms with van der Waals surface area (Å²) < 4.78 is 41.0. The van der Waals surface area contributed by atoms with E-state index in [1.165, 1.54) is 0 Å². The lowest BCUT2D eigenvalue weighted by molar-refractivity contribution is -0.166. The summed E-state index contributed by atoms with van der Waals surface area (Å²) in [5.74, 6) is -3.85. The number of benzene rings is 2. The van der Waals surface area contributed by atoms with E-state index in [0.29, 0.717) is 44.7 Å². The molecule has 46 heavy (non-hydrogen) atoms. The summed E-state index contributed by atoms with van der Waals surface area (Å²) in [6.45, 7) is 2.43. The predicted molar refractivity (Wildman–Crippen MR) is 168 cm³/mol. The van der Waals surface area contributed by atoms with Gasteiger partial charge in [0.15, 0.2) is 5.78 Å². The van der Waals surface area contributed by atoms with Crippen LogP contribution in [0.1, 0.15) is 50.7 Å². The molecule has 0 radical (unpaired) electrons. The average molecular weight is 645 g/mol. The predicted octanol–water partition coefficient (Wildman–Crippen LogP) is 4.62. The first kappa shape index (κ1) is 36.9. The molecule has 0 spiro atoms. The molecular weight excluding hydrogens is 598 g/mol. The maximum atomic E-state index is 13.7. The Bertz CT molecular complexity index is 1220. The quantitative estimate of drug-likeness (QED) is 0.208. The molecule has 11 heteroatoms. The first-order chi connectivity index (χ1) is 22.1. The van der Waals surface area contributed by atoms with E-state index in [4.69, 9.17) is 9.47 Å². The van der Waals surface area contributed by atoms with Crippen LogP contribution in [0.4, 0.5) is 8.78 Å². The highest BCUT2D eigenvalue weighted by molar-refractivity contribution is 5.93. The number of hydrogen-bond acceptors (Lipinski definition) is 8. The van der Waals surface area contributed by atoms with Crippen LogP contribution in [0, 0.1) is 17.8 Å². The number of ether oxygens (including phenoxy) is 3. The summed E-state index contributed by atoms with van der Waals surface area (Å²) in [4.78, 5) is 55.3. The van der Waals surface area contributed by atoms with Crippen molar-refractivity contribution in [3.05, 3.63) is 71.8 Å². The van der Waals surface area contributed by atoms with Gasteiger partial charge in [-0.1, -0.05) is 74.5 Å². The van der Waals surface area contributed by atoms with Crippen LogP contribution in [0.3, 0.4) is 0 Å². The number of carbonyl (C=O) groups excluding carboxylic acids is 4. The van der Waals surface area contributed by atoms with E-state index < -0.39 is 55.2 Å². The molecule has 2 aromatic rings. The number of aryl methyl sites for hydroxylation is 1. The molecule has 0 aromatic heterocycles. The second-order valence-corrected chi connectivity index (χ2v) is 12.1. The van der Waals surface area contributed by atoms with Gasteiger partial charge >= 0.3 is 12.6 Å². The Hall–Kier alpha value is -3.54. The standard InChI is InChI=1S/C35H46F2N2O7/c1-25(2)19-31(32(41)21-29(24-46-35(36)37)34(43)45-23-27-11-7-4-8-12-27)38-33(42)28(14-13-26-9-5-3-6-10-26)20-30(40)22-39-15-17-44-18-16-39/h3-12,25,28-29,31,35H,13-24H2,1-2H3,(H,38,42)/t28-,29+,31+/m1/s1. The number of nitrogens with one attached hydrogen (secondary N) is 1. The zero-order valence-corrected chi connectivity index (χ0v) is 26.7. The normalized spacial score (nSPS) is 15.7. The zero-order valence-electron chi connectivity index (χ0n) is 26.7. The number of Topliss-reactive ketones (excluding diaryl/α,β-unsaturated/α-hetero) is 2. The van der Waals surface area contributed by atoms with Gasteiger partial charge in [-0.15, -0.1) is 0 Å². The molecule has 0 unspecified atom stereocenters. The molecule has 3 atom stereocenters. The molecule has 0 saturated carbocycles. The molecule has 1 aliphatic heterocycles. The molecule has 1 aliphatic rings. The monoisotopic (exact) mass is 644 g/mol. The van der Waals surface area contributed by atoms with Gasteiger partial charge in [0.25, 0.3) is 0 Å². The maximum Gasteiger partial charge on any atom is 0.345 e. The molecule has 252 valence electrons. The van der Waals surface area contributed by atoms with Crippen molar-refractivity contribution in [2.45, 2.75) is 65.2 Å². The fourth-order valence-corrected chi connectivity index (χ4v) is 5.32. The summed E-state index contributed by atoms with van der Waals surface area (Å²) in [6, 6.07) is 17.5. The van der Waals surface area contributed by atoms with Crippen LogP contribution in [0.25, 0.3) is 0 Å². The minimum atomic E-state index is -3.13. The third-order valence-electron chi connectivity index (χ3n) is 7.81. The summed E-state index contributed by atoms with van der Waals surface area (Å²) >= 11 is 0. The maximum absolute atomic E-state index is 13.7. The van der Waals surface area contributed by atoms with E-state index in [9.17, 15) is 28.0 Å². The Balaban J connectivity index is 1.70. The Morgan fingerprint density at radius 2 is 1.52 bits per heavy atom. The minimum Gasteiger partial charge on any atom is -0.461 e. The van der Waals surface area contributed by atoms with Crippen molar-refractivity contribution >= 4 is 23.4 Å². The van der Waals surface area contributed by atoms with Gasteiger partial charge in [-0.3, -0.25) is 24.1 Å². The number of ketones is 2. The third kappa shape index (κ3) is 13.8. The van der Waals surface area contributed by atoms with Crippen LogP contribution in [0.5, 0.6) is 0 Å². The lowest BCUT2D eigenvalue weighted by Gasteiger charge is -2.27. The second kappa shape index (κ2) is 19.9. The second-order valence-electron chi connectivity index (χ2n) is 12.1. The number of amides is 1. The minimum absolute atomic E-state index is 0.00920. The fourth-order valence-electron chi connectivity index (χ4n) is 5.32. The number of alkyl halides is 2. The largest absolute Gasteiger partial charge is 0.461 e. The molecule has 0 bridgehead atoms. The van der Waals surface area contributed by atoms with Gasteiger partial charge in [-0.05, 0) is 36.3 Å². The van der Waals surface area contributed by atoms with Crippen molar-refractivity contribution in [1.29, 1.82) is 0 Å². The molecule has 1 saturated heterocycles. The van der Waals surface area contributed by atoms with Crippen molar-refractivity contribution in [1.82, 2.24) is 10.2 Å². The van der Waals surface area contributed by atoms with E-state index in [0.717, 1.165) is 5.56 Å². The summed E-state index contributed by atoms with van der Waals surface area (Å²) in [5, 5.41) is 2.85. The Labute approximate surface area is 270 Å². The van der Waals surface area contributed by atoms with E-state index in [-0.39, 0.29) is 37.7 Å². The molecule has 1 N–H and O–H groups in total. The van der Waals surface area contributed by atoms with Crippen molar-refractivity contribution in [2.24, 2.45) is 17.8 Å². The summed E-state index contributed by atoms with van der Waals surface area (Å²) in [7, 11) is 0. The lowest BCUT2D eigenvalue weighted by atomic mass is 9.90. The van der Waals surface area contributed by atoms with Crippen LogP contribution >= 0.6 is 0 Å². The van der Waals surface area contributed by atoms with Crippen LogP contribution < -0.4 is 5.32 Å². The molecule has 1 heterocycles. The van der Waals surface area contributed by atoms with E-state index in [2.05, 4.69) is 10.1 Å². The number of nitrogens with zero attached hydrogens (tertiary/aromatic N) is 1. The number of halogens is 2. The number of rotatable bonds is 20. The molecule has 3 rings (SSSR count). The third-order valence-corrected chi connectivity index (χ3v) is 7.81. The molecule has 1 amide bonds. The lowest BCUT2D eigenvalue weighted by Crippen LogP contribution is -2.46. The van der Waals surface area contributed by atoms with Crippen LogP contribution in [0.2, 0.25) is 0 Å². The van der Waals surface area contributed by atoms with E-state index >= 15 is 0 Å².